The van der Waals surface area contributed by atoms with E-state index in [9.17, 15) is 18.4 Å². The van der Waals surface area contributed by atoms with E-state index in [-0.39, 0.29) is 31.0 Å². The molecule has 0 spiro atoms. The van der Waals surface area contributed by atoms with Crippen LogP contribution in [0.1, 0.15) is 18.4 Å². The smallest absolute Gasteiger partial charge is 0.249 e. The quantitative estimate of drug-likeness (QED) is 0.547. The standard InChI is InChI=1S/C14H13F2N3O2/c15-9-3-4-10(13(16)8(9)2-1-7-17)18-11-5-6-12(20)19-14(11)21/h3-4,11,18H,5-7,17H2,(H,19,20,21). The van der Waals surface area contributed by atoms with Crippen molar-refractivity contribution < 1.29 is 18.4 Å². The molecule has 2 rings (SSSR count). The Hall–Kier alpha value is -2.46. The van der Waals surface area contributed by atoms with Crippen molar-refractivity contribution in [3.05, 3.63) is 29.3 Å². The zero-order valence-corrected chi connectivity index (χ0v) is 11.0. The van der Waals surface area contributed by atoms with Crippen LogP contribution in [0.2, 0.25) is 0 Å². The summed E-state index contributed by atoms with van der Waals surface area (Å²) in [5, 5.41) is 4.81. The van der Waals surface area contributed by atoms with Crippen molar-refractivity contribution >= 4 is 17.5 Å². The van der Waals surface area contributed by atoms with Gasteiger partial charge in [0.25, 0.3) is 0 Å². The monoisotopic (exact) mass is 293 g/mol. The largest absolute Gasteiger partial charge is 0.371 e. The molecule has 0 aliphatic carbocycles. The number of hydrogen-bond acceptors (Lipinski definition) is 4. The highest BCUT2D eigenvalue weighted by atomic mass is 19.1. The van der Waals surface area contributed by atoms with Crippen LogP contribution in [-0.2, 0) is 9.59 Å². The van der Waals surface area contributed by atoms with Crippen LogP contribution >= 0.6 is 0 Å². The number of amides is 2. The summed E-state index contributed by atoms with van der Waals surface area (Å²) in [5.41, 5.74) is 4.72. The molecular formula is C14H13F2N3O2. The predicted octanol–water partition coefficient (Wildman–Crippen LogP) is 0.492. The van der Waals surface area contributed by atoms with Crippen molar-refractivity contribution in [2.45, 2.75) is 18.9 Å². The molecular weight excluding hydrogens is 280 g/mol. The maximum atomic E-state index is 14.2. The van der Waals surface area contributed by atoms with Crippen LogP contribution in [0.25, 0.3) is 0 Å². The number of benzene rings is 1. The van der Waals surface area contributed by atoms with Gasteiger partial charge in [0.1, 0.15) is 11.9 Å². The van der Waals surface area contributed by atoms with Gasteiger partial charge in [0.05, 0.1) is 17.8 Å². The van der Waals surface area contributed by atoms with Crippen molar-refractivity contribution in [3.8, 4) is 11.8 Å². The van der Waals surface area contributed by atoms with E-state index in [4.69, 9.17) is 5.73 Å². The summed E-state index contributed by atoms with van der Waals surface area (Å²) in [4.78, 5) is 22.7. The average Bonchev–Trinajstić information content (AvgIpc) is 2.44. The van der Waals surface area contributed by atoms with E-state index in [0.717, 1.165) is 6.07 Å². The second-order valence-corrected chi connectivity index (χ2v) is 4.44. The Bertz CT molecular complexity index is 650. The normalized spacial score (nSPS) is 17.8. The van der Waals surface area contributed by atoms with Gasteiger partial charge in [-0.25, -0.2) is 8.78 Å². The maximum Gasteiger partial charge on any atom is 0.249 e. The first-order chi connectivity index (χ1) is 10.0. The van der Waals surface area contributed by atoms with Gasteiger partial charge in [-0.05, 0) is 18.6 Å². The summed E-state index contributed by atoms with van der Waals surface area (Å²) in [6.07, 6.45) is 0.400. The third-order valence-corrected chi connectivity index (χ3v) is 2.98. The highest BCUT2D eigenvalue weighted by Gasteiger charge is 2.27. The molecule has 0 aromatic heterocycles. The molecule has 21 heavy (non-hydrogen) atoms. The summed E-state index contributed by atoms with van der Waals surface area (Å²) >= 11 is 0. The van der Waals surface area contributed by atoms with Crippen molar-refractivity contribution in [3.63, 3.8) is 0 Å². The fourth-order valence-corrected chi connectivity index (χ4v) is 1.94. The Morgan fingerprint density at radius 2 is 2.14 bits per heavy atom. The molecule has 5 nitrogen and oxygen atoms in total. The summed E-state index contributed by atoms with van der Waals surface area (Å²) in [6, 6.07) is 1.48. The zero-order chi connectivity index (χ0) is 15.4. The molecule has 1 heterocycles. The van der Waals surface area contributed by atoms with E-state index in [1.54, 1.807) is 0 Å². The molecule has 1 saturated heterocycles. The van der Waals surface area contributed by atoms with Crippen molar-refractivity contribution in [2.75, 3.05) is 11.9 Å². The van der Waals surface area contributed by atoms with Gasteiger partial charge in [-0.3, -0.25) is 14.9 Å². The molecule has 1 aromatic carbocycles. The molecule has 0 radical (unpaired) electrons. The molecule has 1 fully saturated rings. The van der Waals surface area contributed by atoms with Crippen LogP contribution < -0.4 is 16.4 Å². The molecule has 2 amide bonds. The van der Waals surface area contributed by atoms with Gasteiger partial charge in [0, 0.05) is 6.42 Å². The number of hydrogen-bond donors (Lipinski definition) is 3. The van der Waals surface area contributed by atoms with E-state index in [2.05, 4.69) is 22.5 Å². The van der Waals surface area contributed by atoms with Gasteiger partial charge in [0.15, 0.2) is 5.82 Å². The van der Waals surface area contributed by atoms with Gasteiger partial charge in [-0.1, -0.05) is 11.8 Å². The van der Waals surface area contributed by atoms with E-state index >= 15 is 0 Å². The van der Waals surface area contributed by atoms with E-state index in [0.29, 0.717) is 0 Å². The minimum atomic E-state index is -0.888. The molecule has 1 aromatic rings. The van der Waals surface area contributed by atoms with Crippen molar-refractivity contribution in [1.29, 1.82) is 0 Å². The Labute approximate surface area is 119 Å². The maximum absolute atomic E-state index is 14.2. The van der Waals surface area contributed by atoms with Crippen LogP contribution in [0.15, 0.2) is 12.1 Å². The third-order valence-electron chi connectivity index (χ3n) is 2.98. The fourth-order valence-electron chi connectivity index (χ4n) is 1.94. The zero-order valence-electron chi connectivity index (χ0n) is 11.0. The van der Waals surface area contributed by atoms with E-state index in [1.165, 1.54) is 6.07 Å². The first-order valence-electron chi connectivity index (χ1n) is 6.30. The molecule has 0 saturated carbocycles. The number of nitrogens with two attached hydrogens (primary N) is 1. The Morgan fingerprint density at radius 1 is 1.38 bits per heavy atom. The highest BCUT2D eigenvalue weighted by Crippen LogP contribution is 2.22. The lowest BCUT2D eigenvalue weighted by atomic mass is 10.1. The number of carbonyl (C=O) groups is 2. The molecule has 1 atom stereocenters. The van der Waals surface area contributed by atoms with Gasteiger partial charge in [-0.2, -0.15) is 0 Å². The number of nitrogens with one attached hydrogen (secondary N) is 2. The van der Waals surface area contributed by atoms with Crippen LogP contribution in [0, 0.1) is 23.5 Å². The van der Waals surface area contributed by atoms with Gasteiger partial charge in [0.2, 0.25) is 11.8 Å². The summed E-state index contributed by atoms with van der Waals surface area (Å²) in [5.74, 6) is 2.10. The number of halogens is 2. The molecule has 7 heteroatoms. The van der Waals surface area contributed by atoms with Crippen LogP contribution in [-0.4, -0.2) is 24.4 Å². The first-order valence-corrected chi connectivity index (χ1v) is 6.30. The lowest BCUT2D eigenvalue weighted by Crippen LogP contribution is -2.47. The second-order valence-electron chi connectivity index (χ2n) is 4.44. The molecule has 4 N–H and O–H groups in total. The van der Waals surface area contributed by atoms with E-state index in [1.807, 2.05) is 0 Å². The first kappa shape index (κ1) is 14.9. The number of carbonyl (C=O) groups excluding carboxylic acids is 2. The van der Waals surface area contributed by atoms with Crippen LogP contribution in [0.3, 0.4) is 0 Å². The fraction of sp³-hybridized carbons (Fsp3) is 0.286. The molecule has 0 bridgehead atoms. The van der Waals surface area contributed by atoms with Gasteiger partial charge >= 0.3 is 0 Å². The van der Waals surface area contributed by atoms with Crippen molar-refractivity contribution in [1.82, 2.24) is 5.32 Å². The summed E-state index contributed by atoms with van der Waals surface area (Å²) < 4.78 is 27.7. The summed E-state index contributed by atoms with van der Waals surface area (Å²) in [7, 11) is 0. The summed E-state index contributed by atoms with van der Waals surface area (Å²) in [6.45, 7) is -0.0241. The molecule has 110 valence electrons. The molecule has 1 unspecified atom stereocenters. The predicted molar refractivity (Wildman–Crippen MR) is 72.1 cm³/mol. The topological polar surface area (TPSA) is 84.2 Å². The van der Waals surface area contributed by atoms with E-state index < -0.39 is 29.1 Å². The molecule has 1 aliphatic rings. The molecule has 1 aliphatic heterocycles. The number of imide groups is 1. The number of rotatable bonds is 2. The Balaban J connectivity index is 2.25. The number of piperidine rings is 1. The SMILES string of the molecule is NCC#Cc1c(F)ccc(NC2CCC(=O)NC2=O)c1F. The van der Waals surface area contributed by atoms with Gasteiger partial charge in [-0.15, -0.1) is 0 Å². The minimum absolute atomic E-state index is 0.0241. The second kappa shape index (κ2) is 6.33. The van der Waals surface area contributed by atoms with Crippen molar-refractivity contribution in [2.24, 2.45) is 5.73 Å². The average molecular weight is 293 g/mol. The van der Waals surface area contributed by atoms with Gasteiger partial charge < -0.3 is 11.1 Å². The lowest BCUT2D eigenvalue weighted by molar-refractivity contribution is -0.133. The third kappa shape index (κ3) is 3.35. The Kier molecular flexibility index (Phi) is 4.50. The minimum Gasteiger partial charge on any atom is -0.371 e. The highest BCUT2D eigenvalue weighted by molar-refractivity contribution is 6.01. The van der Waals surface area contributed by atoms with Crippen LogP contribution in [0.5, 0.6) is 0 Å². The Morgan fingerprint density at radius 3 is 2.81 bits per heavy atom. The lowest BCUT2D eigenvalue weighted by Gasteiger charge is -2.23. The number of anilines is 1. The van der Waals surface area contributed by atoms with Crippen LogP contribution in [0.4, 0.5) is 14.5 Å².